The Morgan fingerprint density at radius 3 is 1.31 bits per heavy atom. The van der Waals surface area contributed by atoms with Gasteiger partial charge in [-0.3, -0.25) is 0 Å². The van der Waals surface area contributed by atoms with E-state index in [0.717, 1.165) is 6.42 Å². The minimum absolute atomic E-state index is 0.00203. The number of hydrogen-bond donors (Lipinski definition) is 1. The van der Waals surface area contributed by atoms with Crippen LogP contribution >= 0.6 is 0 Å². The maximum Gasteiger partial charge on any atom is 0.156 e. The van der Waals surface area contributed by atoms with Crippen LogP contribution in [0.25, 0.3) is 0 Å². The summed E-state index contributed by atoms with van der Waals surface area (Å²) in [6, 6.07) is 0. The smallest absolute Gasteiger partial charge is 0.156 e. The van der Waals surface area contributed by atoms with Crippen molar-refractivity contribution in [3.05, 3.63) is 0 Å². The van der Waals surface area contributed by atoms with Crippen LogP contribution < -0.4 is 5.32 Å². The van der Waals surface area contributed by atoms with Crippen LogP contribution in [0.1, 0.15) is 116 Å². The summed E-state index contributed by atoms with van der Waals surface area (Å²) in [5.74, 6) is 0. The highest BCUT2D eigenvalue weighted by molar-refractivity contribution is 4.52. The van der Waals surface area contributed by atoms with Gasteiger partial charge in [0.05, 0.1) is 0 Å². The Kier molecular flexibility index (Phi) is 22.8. The van der Waals surface area contributed by atoms with Crippen LogP contribution in [0.5, 0.6) is 0 Å². The summed E-state index contributed by atoms with van der Waals surface area (Å²) in [6.07, 6.45) is 23.3. The lowest BCUT2D eigenvalue weighted by Crippen LogP contribution is -2.15. The molecule has 1 N–H and O–H groups in total. The molecule has 0 fully saturated rings. The fraction of sp³-hybridized carbons (Fsp3) is 1.00. The van der Waals surface area contributed by atoms with Gasteiger partial charge in [0.1, 0.15) is 0 Å². The van der Waals surface area contributed by atoms with E-state index in [9.17, 15) is 0 Å². The average Bonchev–Trinajstić information content (AvgIpc) is 2.66. The zero-order valence-electron chi connectivity index (χ0n) is 18.3. The fourth-order valence-corrected chi connectivity index (χ4v) is 3.49. The first-order valence-corrected chi connectivity index (χ1v) is 11.6. The van der Waals surface area contributed by atoms with Crippen molar-refractivity contribution >= 4 is 0 Å². The summed E-state index contributed by atoms with van der Waals surface area (Å²) in [5.41, 5.74) is 0. The molecule has 0 rings (SSSR count). The van der Waals surface area contributed by atoms with Crippen molar-refractivity contribution < 1.29 is 9.47 Å². The molecule has 0 aromatic heterocycles. The monoisotopic (exact) mass is 371 g/mol. The maximum absolute atomic E-state index is 5.21. The van der Waals surface area contributed by atoms with Gasteiger partial charge in [-0.15, -0.1) is 0 Å². The number of rotatable bonds is 22. The van der Waals surface area contributed by atoms with E-state index in [1.165, 1.54) is 116 Å². The topological polar surface area (TPSA) is 30.5 Å². The molecule has 0 aromatic rings. The number of nitrogens with one attached hydrogen (secondary N) is 1. The van der Waals surface area contributed by atoms with Crippen molar-refractivity contribution in [1.82, 2.24) is 5.32 Å². The minimum atomic E-state index is -0.00203. The fourth-order valence-electron chi connectivity index (χ4n) is 3.49. The van der Waals surface area contributed by atoms with E-state index >= 15 is 0 Å². The highest BCUT2D eigenvalue weighted by Gasteiger charge is 2.03. The first-order chi connectivity index (χ1) is 12.8. The first-order valence-electron chi connectivity index (χ1n) is 11.6. The first kappa shape index (κ1) is 25.9. The summed E-state index contributed by atoms with van der Waals surface area (Å²) in [5, 5.41) is 3.48. The Labute approximate surface area is 165 Å². The van der Waals surface area contributed by atoms with E-state index < -0.39 is 0 Å². The van der Waals surface area contributed by atoms with Gasteiger partial charge in [-0.1, -0.05) is 90.4 Å². The Hall–Kier alpha value is -0.120. The SMILES string of the molecule is CCCNCCCCCCCCCCCCCCCCCC(OC)OC. The van der Waals surface area contributed by atoms with Crippen molar-refractivity contribution in [2.45, 2.75) is 122 Å². The number of unbranched alkanes of at least 4 members (excludes halogenated alkanes) is 14. The molecule has 0 radical (unpaired) electrons. The predicted molar refractivity (Wildman–Crippen MR) is 115 cm³/mol. The largest absolute Gasteiger partial charge is 0.356 e. The van der Waals surface area contributed by atoms with Crippen LogP contribution in [0.4, 0.5) is 0 Å². The zero-order chi connectivity index (χ0) is 19.1. The summed E-state index contributed by atoms with van der Waals surface area (Å²) in [6.45, 7) is 4.63. The van der Waals surface area contributed by atoms with E-state index in [0.29, 0.717) is 0 Å². The van der Waals surface area contributed by atoms with Crippen molar-refractivity contribution in [1.29, 1.82) is 0 Å². The van der Waals surface area contributed by atoms with E-state index in [1.54, 1.807) is 14.2 Å². The van der Waals surface area contributed by atoms with Crippen molar-refractivity contribution in [2.24, 2.45) is 0 Å². The molecular formula is C23H49NO2. The van der Waals surface area contributed by atoms with E-state index in [4.69, 9.17) is 9.47 Å². The van der Waals surface area contributed by atoms with Gasteiger partial charge >= 0.3 is 0 Å². The molecule has 0 saturated heterocycles. The van der Waals surface area contributed by atoms with Crippen LogP contribution in [0.3, 0.4) is 0 Å². The second kappa shape index (κ2) is 22.9. The molecule has 0 unspecified atom stereocenters. The number of hydrogen-bond acceptors (Lipinski definition) is 3. The molecule has 0 amide bonds. The molecule has 0 saturated carbocycles. The summed E-state index contributed by atoms with van der Waals surface area (Å²) in [4.78, 5) is 0. The molecule has 0 bridgehead atoms. The van der Waals surface area contributed by atoms with Crippen molar-refractivity contribution in [3.63, 3.8) is 0 Å². The quantitative estimate of drug-likeness (QED) is 0.167. The van der Waals surface area contributed by atoms with E-state index in [-0.39, 0.29) is 6.29 Å². The molecule has 158 valence electrons. The second-order valence-corrected chi connectivity index (χ2v) is 7.74. The molecule has 0 aliphatic rings. The Morgan fingerprint density at radius 2 is 0.923 bits per heavy atom. The average molecular weight is 372 g/mol. The molecule has 3 nitrogen and oxygen atoms in total. The lowest BCUT2D eigenvalue weighted by atomic mass is 10.0. The molecule has 0 aromatic carbocycles. The van der Waals surface area contributed by atoms with Crippen LogP contribution in [-0.4, -0.2) is 33.6 Å². The normalized spacial score (nSPS) is 11.5. The summed E-state index contributed by atoms with van der Waals surface area (Å²) >= 11 is 0. The van der Waals surface area contributed by atoms with Crippen molar-refractivity contribution in [2.75, 3.05) is 27.3 Å². The third kappa shape index (κ3) is 20.2. The lowest BCUT2D eigenvalue weighted by molar-refractivity contribution is -0.107. The Bertz CT molecular complexity index is 244. The zero-order valence-corrected chi connectivity index (χ0v) is 18.3. The maximum atomic E-state index is 5.21. The third-order valence-corrected chi connectivity index (χ3v) is 5.25. The standard InChI is InChI=1S/C23H49NO2/c1-4-21-24-22-19-17-15-13-11-9-7-5-6-8-10-12-14-16-18-20-23(25-2)26-3/h23-24H,4-22H2,1-3H3. The molecule has 0 heterocycles. The Morgan fingerprint density at radius 1 is 0.538 bits per heavy atom. The highest BCUT2D eigenvalue weighted by atomic mass is 16.7. The highest BCUT2D eigenvalue weighted by Crippen LogP contribution is 2.14. The Balaban J connectivity index is 3.03. The van der Waals surface area contributed by atoms with Crippen molar-refractivity contribution in [3.8, 4) is 0 Å². The lowest BCUT2D eigenvalue weighted by Gasteiger charge is -2.12. The number of ether oxygens (including phenoxy) is 2. The van der Waals surface area contributed by atoms with Gasteiger partial charge < -0.3 is 14.8 Å². The van der Waals surface area contributed by atoms with Gasteiger partial charge in [0.15, 0.2) is 6.29 Å². The summed E-state index contributed by atoms with van der Waals surface area (Å²) in [7, 11) is 3.45. The van der Waals surface area contributed by atoms with Gasteiger partial charge in [0, 0.05) is 14.2 Å². The van der Waals surface area contributed by atoms with Crippen LogP contribution in [0, 0.1) is 0 Å². The molecule has 26 heavy (non-hydrogen) atoms. The van der Waals surface area contributed by atoms with E-state index in [2.05, 4.69) is 12.2 Å². The predicted octanol–water partition coefficient (Wildman–Crippen LogP) is 6.85. The molecule has 0 atom stereocenters. The summed E-state index contributed by atoms with van der Waals surface area (Å²) < 4.78 is 10.4. The van der Waals surface area contributed by atoms with Gasteiger partial charge in [-0.05, 0) is 38.8 Å². The van der Waals surface area contributed by atoms with Gasteiger partial charge in [0.2, 0.25) is 0 Å². The van der Waals surface area contributed by atoms with Gasteiger partial charge in [-0.2, -0.15) is 0 Å². The van der Waals surface area contributed by atoms with Gasteiger partial charge in [-0.25, -0.2) is 0 Å². The van der Waals surface area contributed by atoms with Crippen LogP contribution in [0.15, 0.2) is 0 Å². The molecule has 0 spiro atoms. The molecular weight excluding hydrogens is 322 g/mol. The third-order valence-electron chi connectivity index (χ3n) is 5.25. The minimum Gasteiger partial charge on any atom is -0.356 e. The van der Waals surface area contributed by atoms with Crippen LogP contribution in [0.2, 0.25) is 0 Å². The molecule has 0 aliphatic heterocycles. The number of methoxy groups -OCH3 is 2. The van der Waals surface area contributed by atoms with Gasteiger partial charge in [0.25, 0.3) is 0 Å². The second-order valence-electron chi connectivity index (χ2n) is 7.74. The molecule has 0 aliphatic carbocycles. The van der Waals surface area contributed by atoms with E-state index in [1.807, 2.05) is 0 Å². The molecule has 3 heteroatoms. The van der Waals surface area contributed by atoms with Crippen LogP contribution in [-0.2, 0) is 9.47 Å².